The van der Waals surface area contributed by atoms with Crippen LogP contribution < -0.4 is 10.1 Å². The van der Waals surface area contributed by atoms with E-state index in [-0.39, 0.29) is 17.2 Å². The highest BCUT2D eigenvalue weighted by atomic mass is 35.5. The molecule has 0 atom stereocenters. The molecule has 11 heteroatoms. The molecule has 3 rings (SSSR count). The second-order valence-corrected chi connectivity index (χ2v) is 5.40. The van der Waals surface area contributed by atoms with Gasteiger partial charge < -0.3 is 10.1 Å². The molecule has 0 saturated heterocycles. The zero-order valence-electron chi connectivity index (χ0n) is 10.3. The molecule has 3 aromatic rings. The van der Waals surface area contributed by atoms with E-state index in [0.29, 0.717) is 26.8 Å². The smallest absolute Gasteiger partial charge is 0.322 e. The highest BCUT2D eigenvalue weighted by molar-refractivity contribution is 7.00. The standard InChI is InChI=1S/C10H5Cl3N6OS/c1-20-10-16-8(13)15-9(17-10)14-5-3(11)2-4(12)6-7(5)19-21-18-6/h2H,1H3,(H,14,15,16,17). The summed E-state index contributed by atoms with van der Waals surface area (Å²) in [6, 6.07) is 1.64. The van der Waals surface area contributed by atoms with Gasteiger partial charge in [-0.3, -0.25) is 0 Å². The van der Waals surface area contributed by atoms with Gasteiger partial charge in [-0.2, -0.15) is 23.7 Å². The topological polar surface area (TPSA) is 85.7 Å². The molecule has 0 aliphatic rings. The lowest BCUT2D eigenvalue weighted by molar-refractivity contribution is 0.379. The fourth-order valence-corrected chi connectivity index (χ4v) is 2.90. The molecule has 2 heterocycles. The second-order valence-electron chi connectivity index (χ2n) is 3.72. The first-order chi connectivity index (χ1) is 10.1. The first-order valence-corrected chi connectivity index (χ1v) is 7.27. The summed E-state index contributed by atoms with van der Waals surface area (Å²) >= 11 is 19.1. The number of nitrogens with one attached hydrogen (secondary N) is 1. The summed E-state index contributed by atoms with van der Waals surface area (Å²) in [6.45, 7) is 0. The summed E-state index contributed by atoms with van der Waals surface area (Å²) in [7, 11) is 1.42. The number of ether oxygens (including phenoxy) is 1. The lowest BCUT2D eigenvalue weighted by atomic mass is 10.2. The molecule has 108 valence electrons. The number of benzene rings is 1. The van der Waals surface area contributed by atoms with E-state index in [1.54, 1.807) is 6.07 Å². The molecule has 0 bridgehead atoms. The number of hydrogen-bond acceptors (Lipinski definition) is 8. The SMILES string of the molecule is COc1nc(Cl)nc(Nc2c(Cl)cc(Cl)c3nsnc23)n1. The van der Waals surface area contributed by atoms with Gasteiger partial charge in [-0.25, -0.2) is 0 Å². The molecule has 0 aliphatic heterocycles. The van der Waals surface area contributed by atoms with E-state index in [2.05, 4.69) is 29.0 Å². The third kappa shape index (κ3) is 2.80. The highest BCUT2D eigenvalue weighted by Gasteiger charge is 2.16. The number of nitrogens with zero attached hydrogens (tertiary/aromatic N) is 5. The van der Waals surface area contributed by atoms with E-state index in [4.69, 9.17) is 39.5 Å². The Balaban J connectivity index is 2.10. The molecule has 1 N–H and O–H groups in total. The molecule has 0 spiro atoms. The first-order valence-electron chi connectivity index (χ1n) is 5.41. The van der Waals surface area contributed by atoms with Gasteiger partial charge >= 0.3 is 6.01 Å². The second kappa shape index (κ2) is 5.72. The Labute approximate surface area is 137 Å². The molecule has 7 nitrogen and oxygen atoms in total. The molecule has 1 aromatic carbocycles. The molecule has 0 fully saturated rings. The minimum atomic E-state index is -0.0120. The number of rotatable bonds is 3. The van der Waals surface area contributed by atoms with Crippen LogP contribution in [-0.4, -0.2) is 30.8 Å². The van der Waals surface area contributed by atoms with E-state index in [9.17, 15) is 0 Å². The van der Waals surface area contributed by atoms with Gasteiger partial charge in [0.1, 0.15) is 11.0 Å². The van der Waals surface area contributed by atoms with Crippen molar-refractivity contribution in [3.05, 3.63) is 21.4 Å². The Kier molecular flexibility index (Phi) is 3.94. The van der Waals surface area contributed by atoms with E-state index in [1.807, 2.05) is 0 Å². The Hall–Kier alpha value is -1.48. The molecule has 0 aliphatic carbocycles. The predicted octanol–water partition coefficient (Wildman–Crippen LogP) is 3.59. The van der Waals surface area contributed by atoms with E-state index in [0.717, 1.165) is 11.7 Å². The van der Waals surface area contributed by atoms with Crippen molar-refractivity contribution in [3.63, 3.8) is 0 Å². The summed E-state index contributed by atoms with van der Waals surface area (Å²) in [5.74, 6) is 0.172. The largest absolute Gasteiger partial charge is 0.467 e. The van der Waals surface area contributed by atoms with Crippen molar-refractivity contribution in [2.24, 2.45) is 0 Å². The van der Waals surface area contributed by atoms with Crippen molar-refractivity contribution < 1.29 is 4.74 Å². The molecule has 0 saturated carbocycles. The summed E-state index contributed by atoms with van der Waals surface area (Å²) in [5, 5.41) is 3.69. The lowest BCUT2D eigenvalue weighted by Gasteiger charge is -2.08. The Morgan fingerprint density at radius 3 is 2.57 bits per heavy atom. The third-order valence-electron chi connectivity index (χ3n) is 2.45. The van der Waals surface area contributed by atoms with Crippen LogP contribution in [0.5, 0.6) is 6.01 Å². The van der Waals surface area contributed by atoms with Crippen LogP contribution in [-0.2, 0) is 0 Å². The summed E-state index contributed by atoms with van der Waals surface area (Å²) in [6.07, 6.45) is 0. The van der Waals surface area contributed by atoms with Crippen LogP contribution in [0.25, 0.3) is 11.0 Å². The van der Waals surface area contributed by atoms with Gasteiger partial charge in [0.2, 0.25) is 11.2 Å². The monoisotopic (exact) mass is 362 g/mol. The quantitative estimate of drug-likeness (QED) is 0.761. The number of hydrogen-bond donors (Lipinski definition) is 1. The normalized spacial score (nSPS) is 10.9. The van der Waals surface area contributed by atoms with Gasteiger partial charge in [-0.05, 0) is 17.7 Å². The van der Waals surface area contributed by atoms with Gasteiger partial charge in [-0.15, -0.1) is 0 Å². The van der Waals surface area contributed by atoms with E-state index in [1.165, 1.54) is 7.11 Å². The maximum absolute atomic E-state index is 6.18. The van der Waals surface area contributed by atoms with Crippen LogP contribution in [0.3, 0.4) is 0 Å². The predicted molar refractivity (Wildman–Crippen MR) is 82.1 cm³/mol. The van der Waals surface area contributed by atoms with Gasteiger partial charge in [0.25, 0.3) is 0 Å². The van der Waals surface area contributed by atoms with Crippen LogP contribution in [0.1, 0.15) is 0 Å². The molecule has 0 radical (unpaired) electrons. The Morgan fingerprint density at radius 2 is 1.81 bits per heavy atom. The zero-order chi connectivity index (χ0) is 15.0. The Morgan fingerprint density at radius 1 is 1.05 bits per heavy atom. The van der Waals surface area contributed by atoms with Gasteiger partial charge in [0.05, 0.1) is 34.6 Å². The molecule has 0 unspecified atom stereocenters. The van der Waals surface area contributed by atoms with E-state index >= 15 is 0 Å². The molecule has 2 aromatic heterocycles. The number of anilines is 2. The molecule has 21 heavy (non-hydrogen) atoms. The fraction of sp³-hybridized carbons (Fsp3) is 0.100. The van der Waals surface area contributed by atoms with Crippen molar-refractivity contribution in [2.75, 3.05) is 12.4 Å². The van der Waals surface area contributed by atoms with Crippen molar-refractivity contribution in [2.45, 2.75) is 0 Å². The summed E-state index contributed by atoms with van der Waals surface area (Å²) < 4.78 is 13.2. The average Bonchev–Trinajstić information content (AvgIpc) is 2.92. The maximum atomic E-state index is 6.18. The molecular formula is C10H5Cl3N6OS. The maximum Gasteiger partial charge on any atom is 0.322 e. The third-order valence-corrected chi connectivity index (χ3v) is 3.73. The number of halogens is 3. The lowest BCUT2D eigenvalue weighted by Crippen LogP contribution is -2.02. The minimum absolute atomic E-state index is 0.0120. The van der Waals surface area contributed by atoms with Crippen molar-refractivity contribution in [1.29, 1.82) is 0 Å². The minimum Gasteiger partial charge on any atom is -0.467 e. The molecular weight excluding hydrogens is 359 g/mol. The van der Waals surface area contributed by atoms with Crippen molar-refractivity contribution >= 4 is 69.2 Å². The van der Waals surface area contributed by atoms with Crippen LogP contribution >= 0.6 is 46.5 Å². The van der Waals surface area contributed by atoms with Crippen molar-refractivity contribution in [3.8, 4) is 6.01 Å². The highest BCUT2D eigenvalue weighted by Crippen LogP contribution is 2.36. The summed E-state index contributed by atoms with van der Waals surface area (Å²) in [5.41, 5.74) is 1.54. The van der Waals surface area contributed by atoms with Crippen LogP contribution in [0, 0.1) is 0 Å². The number of fused-ring (bicyclic) bond motifs is 1. The molecule has 0 amide bonds. The van der Waals surface area contributed by atoms with Crippen molar-refractivity contribution in [1.82, 2.24) is 23.7 Å². The Bertz CT molecular complexity index is 826. The van der Waals surface area contributed by atoms with Crippen LogP contribution in [0.4, 0.5) is 11.6 Å². The summed E-state index contributed by atoms with van der Waals surface area (Å²) in [4.78, 5) is 11.8. The zero-order valence-corrected chi connectivity index (χ0v) is 13.3. The number of methoxy groups -OCH3 is 1. The van der Waals surface area contributed by atoms with Crippen LogP contribution in [0.2, 0.25) is 15.3 Å². The average molecular weight is 364 g/mol. The number of aromatic nitrogens is 5. The van der Waals surface area contributed by atoms with Gasteiger partial charge in [0, 0.05) is 0 Å². The van der Waals surface area contributed by atoms with Gasteiger partial charge in [-0.1, -0.05) is 23.2 Å². The first kappa shape index (κ1) is 14.5. The van der Waals surface area contributed by atoms with E-state index < -0.39 is 0 Å². The fourth-order valence-electron chi connectivity index (χ4n) is 1.58. The van der Waals surface area contributed by atoms with Gasteiger partial charge in [0.15, 0.2) is 0 Å². The van der Waals surface area contributed by atoms with Crippen LogP contribution in [0.15, 0.2) is 6.07 Å².